The van der Waals surface area contributed by atoms with E-state index in [4.69, 9.17) is 0 Å². The first-order valence-electron chi connectivity index (χ1n) is 8.20. The molecule has 0 radical (unpaired) electrons. The highest BCUT2D eigenvalue weighted by atomic mass is 32.1. The largest absolute Gasteiger partial charge is 0.348 e. The van der Waals surface area contributed by atoms with Crippen LogP contribution in [0.15, 0.2) is 23.7 Å². The Morgan fingerprint density at radius 1 is 1.32 bits per heavy atom. The van der Waals surface area contributed by atoms with E-state index in [-0.39, 0.29) is 11.9 Å². The van der Waals surface area contributed by atoms with Crippen molar-refractivity contribution in [3.63, 3.8) is 0 Å². The number of aromatic nitrogens is 1. The molecule has 0 N–H and O–H groups in total. The van der Waals surface area contributed by atoms with Crippen LogP contribution in [0.25, 0.3) is 0 Å². The van der Waals surface area contributed by atoms with Crippen molar-refractivity contribution in [2.75, 3.05) is 6.54 Å². The summed E-state index contributed by atoms with van der Waals surface area (Å²) in [7, 11) is 0. The molecule has 0 saturated carbocycles. The molecule has 0 spiro atoms. The van der Waals surface area contributed by atoms with Crippen molar-refractivity contribution in [1.82, 2.24) is 9.47 Å². The van der Waals surface area contributed by atoms with Crippen LogP contribution in [0.4, 0.5) is 0 Å². The van der Waals surface area contributed by atoms with Crippen molar-refractivity contribution in [3.05, 3.63) is 45.4 Å². The van der Waals surface area contributed by atoms with Gasteiger partial charge >= 0.3 is 0 Å². The Morgan fingerprint density at radius 3 is 3.05 bits per heavy atom. The van der Waals surface area contributed by atoms with Crippen LogP contribution >= 0.6 is 11.3 Å². The van der Waals surface area contributed by atoms with Crippen molar-refractivity contribution in [1.29, 1.82) is 0 Å². The molecule has 0 aromatic carbocycles. The van der Waals surface area contributed by atoms with E-state index in [1.54, 1.807) is 11.3 Å². The van der Waals surface area contributed by atoms with E-state index >= 15 is 0 Å². The number of nitrogens with zero attached hydrogens (tertiary/aromatic N) is 2. The summed E-state index contributed by atoms with van der Waals surface area (Å²) in [5, 5.41) is 2.10. The number of fused-ring (bicyclic) bond motifs is 2. The summed E-state index contributed by atoms with van der Waals surface area (Å²) in [4.78, 5) is 16.6. The molecule has 2 aliphatic rings. The molecule has 2 unspecified atom stereocenters. The first-order valence-corrected chi connectivity index (χ1v) is 9.08. The minimum absolute atomic E-state index is 0.161. The van der Waals surface area contributed by atoms with E-state index in [9.17, 15) is 4.79 Å². The number of hydrogen-bond acceptors (Lipinski definition) is 2. The fourth-order valence-electron chi connectivity index (χ4n) is 3.87. The molecule has 1 amide bonds. The summed E-state index contributed by atoms with van der Waals surface area (Å²) < 4.78 is 2.26. The first kappa shape index (κ1) is 14.1. The average Bonchev–Trinajstić information content (AvgIpc) is 3.13. The molecule has 4 heteroatoms. The Morgan fingerprint density at radius 2 is 2.18 bits per heavy atom. The summed E-state index contributed by atoms with van der Waals surface area (Å²) in [6.45, 7) is 6.17. The van der Waals surface area contributed by atoms with E-state index in [2.05, 4.69) is 47.0 Å². The van der Waals surface area contributed by atoms with Crippen molar-refractivity contribution >= 4 is 17.2 Å². The zero-order valence-electron chi connectivity index (χ0n) is 13.2. The zero-order chi connectivity index (χ0) is 15.3. The van der Waals surface area contributed by atoms with Gasteiger partial charge in [0, 0.05) is 35.2 Å². The maximum atomic E-state index is 13.1. The van der Waals surface area contributed by atoms with Gasteiger partial charge in [-0.2, -0.15) is 0 Å². The van der Waals surface area contributed by atoms with Crippen molar-refractivity contribution in [2.24, 2.45) is 5.92 Å². The Balaban J connectivity index is 1.63. The molecular weight excluding hydrogens is 292 g/mol. The predicted octanol–water partition coefficient (Wildman–Crippen LogP) is 3.89. The van der Waals surface area contributed by atoms with Crippen LogP contribution in [0, 0.1) is 5.92 Å². The smallest absolute Gasteiger partial charge is 0.255 e. The summed E-state index contributed by atoms with van der Waals surface area (Å²) in [5.41, 5.74) is 3.55. The lowest BCUT2D eigenvalue weighted by molar-refractivity contribution is 0.0643. The first-order chi connectivity index (χ1) is 10.6. The van der Waals surface area contributed by atoms with Crippen molar-refractivity contribution in [3.8, 4) is 0 Å². The number of hydrogen-bond donors (Lipinski definition) is 0. The summed E-state index contributed by atoms with van der Waals surface area (Å²) >= 11 is 1.78. The molecule has 2 aromatic heterocycles. The number of amides is 1. The van der Waals surface area contributed by atoms with Crippen LogP contribution in [0.3, 0.4) is 0 Å². The van der Waals surface area contributed by atoms with Gasteiger partial charge in [-0.15, -0.1) is 11.3 Å². The van der Waals surface area contributed by atoms with Crippen molar-refractivity contribution < 1.29 is 4.79 Å². The van der Waals surface area contributed by atoms with Gasteiger partial charge in [0.15, 0.2) is 0 Å². The molecule has 4 rings (SSSR count). The second-order valence-corrected chi connectivity index (χ2v) is 7.66. The van der Waals surface area contributed by atoms with E-state index in [0.717, 1.165) is 37.4 Å². The van der Waals surface area contributed by atoms with Gasteiger partial charge in [0.05, 0.1) is 11.6 Å². The molecule has 116 valence electrons. The van der Waals surface area contributed by atoms with Gasteiger partial charge < -0.3 is 9.47 Å². The number of rotatable bonds is 1. The zero-order valence-corrected chi connectivity index (χ0v) is 14.0. The van der Waals surface area contributed by atoms with Crippen LogP contribution in [0.1, 0.15) is 52.8 Å². The topological polar surface area (TPSA) is 25.2 Å². The van der Waals surface area contributed by atoms with Crippen LogP contribution in [-0.2, 0) is 19.4 Å². The third kappa shape index (κ3) is 2.12. The third-order valence-corrected chi connectivity index (χ3v) is 6.29. The van der Waals surface area contributed by atoms with Crippen LogP contribution in [0.2, 0.25) is 0 Å². The van der Waals surface area contributed by atoms with Gasteiger partial charge in [-0.05, 0) is 49.8 Å². The van der Waals surface area contributed by atoms with Crippen molar-refractivity contribution in [2.45, 2.75) is 45.7 Å². The van der Waals surface area contributed by atoms with E-state index in [0.29, 0.717) is 0 Å². The van der Waals surface area contributed by atoms with Gasteiger partial charge in [0.2, 0.25) is 0 Å². The second kappa shape index (κ2) is 5.27. The molecule has 2 aromatic rings. The molecule has 3 nitrogen and oxygen atoms in total. The minimum Gasteiger partial charge on any atom is -0.348 e. The molecule has 0 fully saturated rings. The Kier molecular flexibility index (Phi) is 3.37. The monoisotopic (exact) mass is 314 g/mol. The molecular formula is C18H22N2OS. The molecule has 1 aliphatic heterocycles. The highest BCUT2D eigenvalue weighted by molar-refractivity contribution is 7.10. The van der Waals surface area contributed by atoms with Gasteiger partial charge in [-0.1, -0.05) is 6.92 Å². The van der Waals surface area contributed by atoms with Gasteiger partial charge in [0.1, 0.15) is 0 Å². The highest BCUT2D eigenvalue weighted by Crippen LogP contribution is 2.35. The molecule has 2 atom stereocenters. The van der Waals surface area contributed by atoms with E-state index in [1.807, 2.05) is 0 Å². The third-order valence-electron chi connectivity index (χ3n) is 5.24. The lowest BCUT2D eigenvalue weighted by atomic mass is 9.88. The van der Waals surface area contributed by atoms with E-state index < -0.39 is 0 Å². The molecule has 22 heavy (non-hydrogen) atoms. The lowest BCUT2D eigenvalue weighted by Gasteiger charge is -2.35. The maximum Gasteiger partial charge on any atom is 0.255 e. The standard InChI is InChI=1S/C18H22N2OS/c1-12-5-6-14-15(11-22-17(14)10-12)18(21)20-9-8-19-7-3-4-16(19)13(20)2/h3-4,7,11-13H,5-6,8-10H2,1-2H3. The predicted molar refractivity (Wildman–Crippen MR) is 89.4 cm³/mol. The molecule has 0 saturated heterocycles. The van der Waals surface area contributed by atoms with Crippen LogP contribution in [-0.4, -0.2) is 21.9 Å². The second-order valence-electron chi connectivity index (χ2n) is 6.70. The van der Waals surface area contributed by atoms with Gasteiger partial charge in [0.25, 0.3) is 5.91 Å². The summed E-state index contributed by atoms with van der Waals surface area (Å²) in [6, 6.07) is 4.37. The van der Waals surface area contributed by atoms with E-state index in [1.165, 1.54) is 22.6 Å². The maximum absolute atomic E-state index is 13.1. The lowest BCUT2D eigenvalue weighted by Crippen LogP contribution is -2.41. The summed E-state index contributed by atoms with van der Waals surface area (Å²) in [5.74, 6) is 0.985. The molecule has 0 bridgehead atoms. The molecule has 1 aliphatic carbocycles. The Labute approximate surface area is 135 Å². The summed E-state index contributed by atoms with van der Waals surface area (Å²) in [6.07, 6.45) is 5.54. The molecule has 3 heterocycles. The quantitative estimate of drug-likeness (QED) is 0.784. The van der Waals surface area contributed by atoms with Crippen LogP contribution < -0.4 is 0 Å². The fraction of sp³-hybridized carbons (Fsp3) is 0.500. The normalized spacial score (nSPS) is 24.0. The van der Waals surface area contributed by atoms with Crippen LogP contribution in [0.5, 0.6) is 0 Å². The SMILES string of the molecule is CC1CCc2c(C(=O)N3CCn4cccc4C3C)csc2C1. The van der Waals surface area contributed by atoms with Gasteiger partial charge in [-0.3, -0.25) is 4.79 Å². The highest BCUT2D eigenvalue weighted by Gasteiger charge is 2.31. The number of carbonyl (C=O) groups is 1. The minimum atomic E-state index is 0.161. The van der Waals surface area contributed by atoms with Gasteiger partial charge in [-0.25, -0.2) is 0 Å². The fourth-order valence-corrected chi connectivity index (χ4v) is 5.11. The Hall–Kier alpha value is -1.55. The number of thiophene rings is 1. The Bertz CT molecular complexity index is 714. The average molecular weight is 314 g/mol. The number of carbonyl (C=O) groups excluding carboxylic acids is 1.